The first-order valence-corrected chi connectivity index (χ1v) is 10.9. The maximum Gasteiger partial charge on any atom is 0.276 e. The van der Waals surface area contributed by atoms with Crippen molar-refractivity contribution >= 4 is 34.7 Å². The van der Waals surface area contributed by atoms with Gasteiger partial charge in [0.05, 0.1) is 27.6 Å². The van der Waals surface area contributed by atoms with Crippen LogP contribution in [0.25, 0.3) is 16.5 Å². The minimum absolute atomic E-state index is 0.0747. The quantitative estimate of drug-likeness (QED) is 0.431. The molecule has 0 aliphatic heterocycles. The van der Waals surface area contributed by atoms with E-state index in [2.05, 4.69) is 20.6 Å². The summed E-state index contributed by atoms with van der Waals surface area (Å²) in [5.41, 5.74) is 3.39. The van der Waals surface area contributed by atoms with Crippen LogP contribution < -0.4 is 5.32 Å². The molecular weight excluding hydrogens is 406 g/mol. The summed E-state index contributed by atoms with van der Waals surface area (Å²) in [5.74, 6) is 0.976. The van der Waals surface area contributed by atoms with Crippen LogP contribution in [-0.4, -0.2) is 31.6 Å². The second-order valence-corrected chi connectivity index (χ2v) is 8.28. The number of para-hydroxylation sites is 1. The summed E-state index contributed by atoms with van der Waals surface area (Å²) in [6.07, 6.45) is 0.330. The number of thiophene rings is 1. The number of aryl methyl sites for hydroxylation is 1. The molecule has 0 unspecified atom stereocenters. The van der Waals surface area contributed by atoms with E-state index in [1.807, 2.05) is 66.4 Å². The van der Waals surface area contributed by atoms with Gasteiger partial charge in [-0.05, 0) is 37.4 Å². The Bertz CT molecular complexity index is 1100. The van der Waals surface area contributed by atoms with Gasteiger partial charge in [0.25, 0.3) is 11.1 Å². The van der Waals surface area contributed by atoms with Crippen molar-refractivity contribution in [3.8, 4) is 16.5 Å². The fourth-order valence-electron chi connectivity index (χ4n) is 2.85. The lowest BCUT2D eigenvalue weighted by atomic mass is 10.3. The molecule has 7 nitrogen and oxygen atoms in total. The lowest BCUT2D eigenvalue weighted by Gasteiger charge is -2.06. The molecule has 1 aromatic carbocycles. The van der Waals surface area contributed by atoms with E-state index in [1.54, 1.807) is 11.3 Å². The smallest absolute Gasteiger partial charge is 0.276 e. The number of benzene rings is 1. The molecule has 0 bridgehead atoms. The summed E-state index contributed by atoms with van der Waals surface area (Å²) in [6.45, 7) is 3.84. The Hall–Kier alpha value is -2.91. The van der Waals surface area contributed by atoms with Crippen LogP contribution in [0.4, 0.5) is 5.69 Å². The second kappa shape index (κ2) is 8.62. The Morgan fingerprint density at radius 1 is 1.17 bits per heavy atom. The Labute approximate surface area is 176 Å². The van der Waals surface area contributed by atoms with Crippen LogP contribution in [0.1, 0.15) is 17.8 Å². The van der Waals surface area contributed by atoms with Crippen molar-refractivity contribution in [1.82, 2.24) is 20.0 Å². The van der Waals surface area contributed by atoms with E-state index in [4.69, 9.17) is 4.42 Å². The third-order valence-electron chi connectivity index (χ3n) is 4.25. The van der Waals surface area contributed by atoms with Gasteiger partial charge in [-0.2, -0.15) is 5.10 Å². The molecule has 1 N–H and O–H groups in total. The fourth-order valence-corrected chi connectivity index (χ4v) is 4.19. The van der Waals surface area contributed by atoms with Crippen LogP contribution in [0.3, 0.4) is 0 Å². The summed E-state index contributed by atoms with van der Waals surface area (Å²) < 4.78 is 7.46. The van der Waals surface area contributed by atoms with Crippen molar-refractivity contribution in [1.29, 1.82) is 0 Å². The van der Waals surface area contributed by atoms with Crippen LogP contribution in [0.2, 0.25) is 0 Å². The molecule has 29 heavy (non-hydrogen) atoms. The predicted octanol–water partition coefficient (Wildman–Crippen LogP) is 4.72. The topological polar surface area (TPSA) is 85.8 Å². The predicted molar refractivity (Wildman–Crippen MR) is 115 cm³/mol. The molecule has 0 aliphatic carbocycles. The number of nitrogens with zero attached hydrogens (tertiary/aromatic N) is 4. The van der Waals surface area contributed by atoms with E-state index in [0.29, 0.717) is 23.3 Å². The zero-order valence-electron chi connectivity index (χ0n) is 16.0. The summed E-state index contributed by atoms with van der Waals surface area (Å²) in [4.78, 5) is 13.4. The summed E-state index contributed by atoms with van der Waals surface area (Å²) in [5, 5.41) is 18.0. The first kappa shape index (κ1) is 19.4. The molecule has 3 heterocycles. The molecule has 0 saturated carbocycles. The lowest BCUT2D eigenvalue weighted by molar-refractivity contribution is -0.115. The van der Waals surface area contributed by atoms with Gasteiger partial charge in [-0.1, -0.05) is 36.0 Å². The zero-order chi connectivity index (χ0) is 20.2. The van der Waals surface area contributed by atoms with Gasteiger partial charge in [0.2, 0.25) is 5.91 Å². The van der Waals surface area contributed by atoms with E-state index in [-0.39, 0.29) is 5.91 Å². The average Bonchev–Trinajstić information content (AvgIpc) is 3.46. The summed E-state index contributed by atoms with van der Waals surface area (Å²) in [7, 11) is 0. The monoisotopic (exact) mass is 425 g/mol. The lowest BCUT2D eigenvalue weighted by Crippen LogP contribution is -2.13. The SMILES string of the molecule is Cc1nn(-c2ccccc2)c(C)c1NC(=O)CCSc1nnc(-c2cccs2)o1. The first-order chi connectivity index (χ1) is 14.1. The highest BCUT2D eigenvalue weighted by atomic mass is 32.2. The largest absolute Gasteiger partial charge is 0.410 e. The maximum absolute atomic E-state index is 12.4. The van der Waals surface area contributed by atoms with Crippen LogP contribution >= 0.6 is 23.1 Å². The van der Waals surface area contributed by atoms with Crippen molar-refractivity contribution in [3.63, 3.8) is 0 Å². The van der Waals surface area contributed by atoms with Crippen LogP contribution in [0.5, 0.6) is 0 Å². The van der Waals surface area contributed by atoms with E-state index < -0.39 is 0 Å². The zero-order valence-corrected chi connectivity index (χ0v) is 17.6. The minimum Gasteiger partial charge on any atom is -0.410 e. The van der Waals surface area contributed by atoms with Gasteiger partial charge in [-0.15, -0.1) is 21.5 Å². The number of hydrogen-bond acceptors (Lipinski definition) is 7. The molecule has 0 atom stereocenters. The van der Waals surface area contributed by atoms with Gasteiger partial charge in [0.1, 0.15) is 0 Å². The Kier molecular flexibility index (Phi) is 5.77. The number of hydrogen-bond donors (Lipinski definition) is 1. The molecular formula is C20H19N5O2S2. The number of amides is 1. The molecule has 148 valence electrons. The highest BCUT2D eigenvalue weighted by Gasteiger charge is 2.16. The van der Waals surface area contributed by atoms with Gasteiger partial charge < -0.3 is 9.73 Å². The molecule has 3 aromatic heterocycles. The Morgan fingerprint density at radius 3 is 2.76 bits per heavy atom. The number of aromatic nitrogens is 4. The number of thioether (sulfide) groups is 1. The molecule has 0 spiro atoms. The van der Waals surface area contributed by atoms with Crippen molar-refractivity contribution < 1.29 is 9.21 Å². The molecule has 0 fully saturated rings. The summed E-state index contributed by atoms with van der Waals surface area (Å²) >= 11 is 2.92. The minimum atomic E-state index is -0.0747. The van der Waals surface area contributed by atoms with E-state index >= 15 is 0 Å². The number of nitrogens with one attached hydrogen (secondary N) is 1. The molecule has 9 heteroatoms. The standard InChI is InChI=1S/C20H19N5O2S2/c1-13-18(14(2)25(24-13)15-7-4-3-5-8-15)21-17(26)10-12-29-20-23-22-19(27-20)16-9-6-11-28-16/h3-9,11H,10,12H2,1-2H3,(H,21,26). The second-order valence-electron chi connectivity index (χ2n) is 6.29. The molecule has 4 rings (SSSR count). The van der Waals surface area contributed by atoms with Crippen LogP contribution in [0, 0.1) is 13.8 Å². The van der Waals surface area contributed by atoms with Gasteiger partial charge in [0, 0.05) is 12.2 Å². The number of rotatable bonds is 7. The average molecular weight is 426 g/mol. The number of carbonyl (C=O) groups is 1. The van der Waals surface area contributed by atoms with Crippen molar-refractivity contribution in [2.24, 2.45) is 0 Å². The van der Waals surface area contributed by atoms with Gasteiger partial charge >= 0.3 is 0 Å². The fraction of sp³-hybridized carbons (Fsp3) is 0.200. The van der Waals surface area contributed by atoms with E-state index in [0.717, 1.165) is 27.6 Å². The number of anilines is 1. The van der Waals surface area contributed by atoms with Crippen molar-refractivity contribution in [3.05, 3.63) is 59.2 Å². The molecule has 1 amide bonds. The van der Waals surface area contributed by atoms with E-state index in [1.165, 1.54) is 11.8 Å². The van der Waals surface area contributed by atoms with Crippen molar-refractivity contribution in [2.45, 2.75) is 25.5 Å². The number of carbonyl (C=O) groups excluding carboxylic acids is 1. The van der Waals surface area contributed by atoms with Gasteiger partial charge in [-0.3, -0.25) is 4.79 Å². The van der Waals surface area contributed by atoms with Crippen molar-refractivity contribution in [2.75, 3.05) is 11.1 Å². The molecule has 0 saturated heterocycles. The normalized spacial score (nSPS) is 11.0. The van der Waals surface area contributed by atoms with Gasteiger partial charge in [-0.25, -0.2) is 4.68 Å². The third-order valence-corrected chi connectivity index (χ3v) is 5.93. The van der Waals surface area contributed by atoms with Crippen LogP contribution in [0.15, 0.2) is 57.5 Å². The van der Waals surface area contributed by atoms with E-state index in [9.17, 15) is 4.79 Å². The molecule has 4 aromatic rings. The maximum atomic E-state index is 12.4. The Morgan fingerprint density at radius 2 is 2.00 bits per heavy atom. The van der Waals surface area contributed by atoms with Crippen LogP contribution in [-0.2, 0) is 4.79 Å². The highest BCUT2D eigenvalue weighted by Crippen LogP contribution is 2.27. The molecule has 0 aliphatic rings. The highest BCUT2D eigenvalue weighted by molar-refractivity contribution is 7.99. The van der Waals surface area contributed by atoms with Gasteiger partial charge in [0.15, 0.2) is 0 Å². The summed E-state index contributed by atoms with van der Waals surface area (Å²) in [6, 6.07) is 13.7. The third kappa shape index (κ3) is 4.41. The Balaban J connectivity index is 1.34. The molecule has 0 radical (unpaired) electrons. The first-order valence-electron chi connectivity index (χ1n) is 9.03.